The molecule has 0 spiro atoms. The monoisotopic (exact) mass is 265 g/mol. The Labute approximate surface area is 110 Å². The van der Waals surface area contributed by atoms with Crippen molar-refractivity contribution in [2.45, 2.75) is 26.3 Å². The number of carbonyl (C=O) groups excluding carboxylic acids is 3. The standard InChI is InChI=1S/C13H12ClNO3/c1-7(16)5-12-13(18)10-6-9(14)3-4-11(10)15(12)8(2)17/h3-4,6,12H,5H2,1-2H3. The molecule has 0 bridgehead atoms. The van der Waals surface area contributed by atoms with Crippen molar-refractivity contribution in [1.29, 1.82) is 0 Å². The third kappa shape index (κ3) is 2.04. The van der Waals surface area contributed by atoms with E-state index < -0.39 is 6.04 Å². The molecule has 1 aliphatic rings. The molecule has 1 amide bonds. The number of carbonyl (C=O) groups is 3. The molecule has 0 fully saturated rings. The normalized spacial score (nSPS) is 17.8. The van der Waals surface area contributed by atoms with Gasteiger partial charge in [-0.2, -0.15) is 0 Å². The van der Waals surface area contributed by atoms with Gasteiger partial charge in [-0.05, 0) is 25.1 Å². The third-order valence-electron chi connectivity index (χ3n) is 2.92. The van der Waals surface area contributed by atoms with Crippen LogP contribution in [-0.2, 0) is 9.59 Å². The number of anilines is 1. The highest BCUT2D eigenvalue weighted by molar-refractivity contribution is 6.31. The summed E-state index contributed by atoms with van der Waals surface area (Å²) in [6.07, 6.45) is 0.0325. The van der Waals surface area contributed by atoms with Crippen molar-refractivity contribution in [3.05, 3.63) is 28.8 Å². The van der Waals surface area contributed by atoms with E-state index in [2.05, 4.69) is 0 Å². The summed E-state index contributed by atoms with van der Waals surface area (Å²) >= 11 is 5.85. The van der Waals surface area contributed by atoms with Crippen LogP contribution in [0, 0.1) is 0 Å². The molecule has 0 N–H and O–H groups in total. The molecular weight excluding hydrogens is 254 g/mol. The van der Waals surface area contributed by atoms with Crippen molar-refractivity contribution in [1.82, 2.24) is 0 Å². The zero-order valence-electron chi connectivity index (χ0n) is 10.1. The summed E-state index contributed by atoms with van der Waals surface area (Å²) in [5.74, 6) is -0.605. The summed E-state index contributed by atoms with van der Waals surface area (Å²) < 4.78 is 0. The minimum atomic E-state index is -0.728. The second-order valence-electron chi connectivity index (χ2n) is 4.34. The molecule has 18 heavy (non-hydrogen) atoms. The summed E-state index contributed by atoms with van der Waals surface area (Å²) in [5, 5.41) is 0.439. The number of hydrogen-bond donors (Lipinski definition) is 0. The molecule has 1 atom stereocenters. The number of nitrogens with zero attached hydrogens (tertiary/aromatic N) is 1. The molecule has 1 aromatic rings. The molecule has 1 heterocycles. The molecule has 1 aromatic carbocycles. The van der Waals surface area contributed by atoms with Crippen LogP contribution in [0.1, 0.15) is 30.6 Å². The number of hydrogen-bond acceptors (Lipinski definition) is 3. The lowest BCUT2D eigenvalue weighted by atomic mass is 10.0. The van der Waals surface area contributed by atoms with Gasteiger partial charge in [0.1, 0.15) is 11.8 Å². The van der Waals surface area contributed by atoms with Gasteiger partial charge in [-0.15, -0.1) is 0 Å². The lowest BCUT2D eigenvalue weighted by Crippen LogP contribution is -2.40. The van der Waals surface area contributed by atoms with Crippen LogP contribution in [0.2, 0.25) is 5.02 Å². The molecule has 0 radical (unpaired) electrons. The van der Waals surface area contributed by atoms with Gasteiger partial charge >= 0.3 is 0 Å². The van der Waals surface area contributed by atoms with Crippen LogP contribution in [-0.4, -0.2) is 23.5 Å². The van der Waals surface area contributed by atoms with Gasteiger partial charge in [-0.3, -0.25) is 14.4 Å². The van der Waals surface area contributed by atoms with Crippen LogP contribution in [0.25, 0.3) is 0 Å². The molecule has 94 valence electrons. The van der Waals surface area contributed by atoms with Crippen molar-refractivity contribution in [2.75, 3.05) is 4.90 Å². The first-order chi connectivity index (χ1) is 8.41. The molecule has 5 heteroatoms. The van der Waals surface area contributed by atoms with Crippen LogP contribution in [0.15, 0.2) is 18.2 Å². The maximum Gasteiger partial charge on any atom is 0.224 e. The van der Waals surface area contributed by atoms with Crippen molar-refractivity contribution in [2.24, 2.45) is 0 Å². The number of rotatable bonds is 2. The van der Waals surface area contributed by atoms with Crippen LogP contribution in [0.4, 0.5) is 5.69 Å². The van der Waals surface area contributed by atoms with E-state index in [1.54, 1.807) is 12.1 Å². The summed E-state index contributed by atoms with van der Waals surface area (Å²) in [5.41, 5.74) is 0.937. The highest BCUT2D eigenvalue weighted by Crippen LogP contribution is 2.35. The Morgan fingerprint density at radius 2 is 2.00 bits per heavy atom. The van der Waals surface area contributed by atoms with Gasteiger partial charge in [-0.25, -0.2) is 0 Å². The van der Waals surface area contributed by atoms with E-state index in [1.807, 2.05) is 0 Å². The second kappa shape index (κ2) is 4.53. The van der Waals surface area contributed by atoms with Crippen LogP contribution in [0.5, 0.6) is 0 Å². The number of benzene rings is 1. The molecule has 1 aliphatic heterocycles. The van der Waals surface area contributed by atoms with Gasteiger partial charge < -0.3 is 4.90 Å². The highest BCUT2D eigenvalue weighted by atomic mass is 35.5. The molecule has 0 saturated carbocycles. The van der Waals surface area contributed by atoms with Gasteiger partial charge in [0.25, 0.3) is 0 Å². The number of ketones is 2. The maximum atomic E-state index is 12.2. The Bertz CT molecular complexity index is 553. The Kier molecular flexibility index (Phi) is 3.22. The fourth-order valence-corrected chi connectivity index (χ4v) is 2.40. The highest BCUT2D eigenvalue weighted by Gasteiger charge is 2.39. The minimum absolute atomic E-state index is 0.0325. The topological polar surface area (TPSA) is 54.5 Å². The SMILES string of the molecule is CC(=O)CC1C(=O)c2cc(Cl)ccc2N1C(C)=O. The Morgan fingerprint density at radius 1 is 1.33 bits per heavy atom. The van der Waals surface area contributed by atoms with Crippen LogP contribution >= 0.6 is 11.6 Å². The van der Waals surface area contributed by atoms with Crippen molar-refractivity contribution in [3.8, 4) is 0 Å². The summed E-state index contributed by atoms with van der Waals surface area (Å²) in [6.45, 7) is 2.78. The van der Waals surface area contributed by atoms with E-state index in [1.165, 1.54) is 24.8 Å². The number of Topliss-reactive ketones (excluding diaryl/α,β-unsaturated/α-hetero) is 2. The Balaban J connectivity index is 2.51. The summed E-state index contributed by atoms with van der Waals surface area (Å²) in [6, 6.07) is 4.07. The van der Waals surface area contributed by atoms with Crippen molar-refractivity contribution in [3.63, 3.8) is 0 Å². The smallest absolute Gasteiger partial charge is 0.224 e. The van der Waals surface area contributed by atoms with Crippen LogP contribution in [0.3, 0.4) is 0 Å². The molecular formula is C13H12ClNO3. The number of halogens is 1. The largest absolute Gasteiger partial charge is 0.301 e. The van der Waals surface area contributed by atoms with Gasteiger partial charge in [-0.1, -0.05) is 11.6 Å². The zero-order valence-corrected chi connectivity index (χ0v) is 10.8. The van der Waals surface area contributed by atoms with E-state index in [0.717, 1.165) is 0 Å². The predicted molar refractivity (Wildman–Crippen MR) is 68.0 cm³/mol. The molecule has 4 nitrogen and oxygen atoms in total. The van der Waals surface area contributed by atoms with Gasteiger partial charge in [0.15, 0.2) is 5.78 Å². The second-order valence-corrected chi connectivity index (χ2v) is 4.77. The van der Waals surface area contributed by atoms with Crippen molar-refractivity contribution >= 4 is 34.8 Å². The van der Waals surface area contributed by atoms with E-state index in [0.29, 0.717) is 16.3 Å². The first-order valence-corrected chi connectivity index (χ1v) is 5.92. The van der Waals surface area contributed by atoms with E-state index >= 15 is 0 Å². The quantitative estimate of drug-likeness (QED) is 0.824. The van der Waals surface area contributed by atoms with Crippen LogP contribution < -0.4 is 4.90 Å². The first kappa shape index (κ1) is 12.8. The van der Waals surface area contributed by atoms with Crippen molar-refractivity contribution < 1.29 is 14.4 Å². The van der Waals surface area contributed by atoms with E-state index in [9.17, 15) is 14.4 Å². The van der Waals surface area contributed by atoms with E-state index in [4.69, 9.17) is 11.6 Å². The lowest BCUT2D eigenvalue weighted by Gasteiger charge is -2.21. The predicted octanol–water partition coefficient (Wildman–Crippen LogP) is 2.24. The molecule has 2 rings (SSSR count). The number of fused-ring (bicyclic) bond motifs is 1. The fraction of sp³-hybridized carbons (Fsp3) is 0.308. The average Bonchev–Trinajstić information content (AvgIpc) is 2.52. The molecule has 0 aliphatic carbocycles. The Morgan fingerprint density at radius 3 is 2.56 bits per heavy atom. The van der Waals surface area contributed by atoms with Gasteiger partial charge in [0.05, 0.1) is 5.69 Å². The number of amides is 1. The average molecular weight is 266 g/mol. The third-order valence-corrected chi connectivity index (χ3v) is 3.15. The minimum Gasteiger partial charge on any atom is -0.301 e. The Hall–Kier alpha value is -1.68. The fourth-order valence-electron chi connectivity index (χ4n) is 2.23. The zero-order chi connectivity index (χ0) is 13.4. The van der Waals surface area contributed by atoms with Gasteiger partial charge in [0.2, 0.25) is 5.91 Å². The van der Waals surface area contributed by atoms with Gasteiger partial charge in [0, 0.05) is 23.9 Å². The first-order valence-electron chi connectivity index (χ1n) is 5.55. The maximum absolute atomic E-state index is 12.2. The lowest BCUT2D eigenvalue weighted by molar-refractivity contribution is -0.118. The van der Waals surface area contributed by atoms with E-state index in [-0.39, 0.29) is 23.9 Å². The molecule has 1 unspecified atom stereocenters. The summed E-state index contributed by atoms with van der Waals surface area (Å²) in [4.78, 5) is 36.4. The molecule has 0 aromatic heterocycles. The summed E-state index contributed by atoms with van der Waals surface area (Å²) in [7, 11) is 0. The molecule has 0 saturated heterocycles.